The molecule has 0 bridgehead atoms. The molecular formula is C17H22ClFN2O2. The molecule has 23 heavy (non-hydrogen) atoms. The molecule has 0 aromatic heterocycles. The van der Waals surface area contributed by atoms with E-state index >= 15 is 0 Å². The molecule has 0 aliphatic carbocycles. The molecule has 0 spiro atoms. The number of nitrogens with zero attached hydrogens (tertiary/aromatic N) is 1. The fourth-order valence-corrected chi connectivity index (χ4v) is 3.67. The van der Waals surface area contributed by atoms with Crippen LogP contribution in [0.25, 0.3) is 0 Å². The Morgan fingerprint density at radius 1 is 1.43 bits per heavy atom. The molecule has 0 unspecified atom stereocenters. The molecule has 4 nitrogen and oxygen atoms in total. The zero-order valence-corrected chi connectivity index (χ0v) is 13.8. The van der Waals surface area contributed by atoms with Gasteiger partial charge in [0.05, 0.1) is 18.6 Å². The van der Waals surface area contributed by atoms with Crippen molar-refractivity contribution in [1.29, 1.82) is 0 Å². The SMILES string of the molecule is O=C(NC[C@H](c1c(F)cccc1Cl)N1CCCC1)[C@H]1CCOC1. The number of benzene rings is 1. The van der Waals surface area contributed by atoms with Gasteiger partial charge in [0.1, 0.15) is 5.82 Å². The van der Waals surface area contributed by atoms with Gasteiger partial charge in [-0.15, -0.1) is 0 Å². The van der Waals surface area contributed by atoms with Crippen LogP contribution in [0.5, 0.6) is 0 Å². The van der Waals surface area contributed by atoms with Crippen molar-refractivity contribution in [3.05, 3.63) is 34.6 Å². The normalized spacial score (nSPS) is 23.1. The van der Waals surface area contributed by atoms with Crippen LogP contribution < -0.4 is 5.32 Å². The minimum absolute atomic E-state index is 0.0147. The molecule has 1 aromatic rings. The van der Waals surface area contributed by atoms with Gasteiger partial charge in [-0.25, -0.2) is 4.39 Å². The van der Waals surface area contributed by atoms with E-state index in [4.69, 9.17) is 16.3 Å². The van der Waals surface area contributed by atoms with Crippen LogP contribution in [-0.2, 0) is 9.53 Å². The number of likely N-dealkylation sites (tertiary alicyclic amines) is 1. The highest BCUT2D eigenvalue weighted by atomic mass is 35.5. The Hall–Kier alpha value is -1.17. The number of carbonyl (C=O) groups excluding carboxylic acids is 1. The summed E-state index contributed by atoms with van der Waals surface area (Å²) in [5.74, 6) is -0.419. The average Bonchev–Trinajstić information content (AvgIpc) is 3.22. The van der Waals surface area contributed by atoms with E-state index in [1.807, 2.05) is 0 Å². The molecule has 1 N–H and O–H groups in total. The average molecular weight is 341 g/mol. The van der Waals surface area contributed by atoms with Crippen LogP contribution in [0, 0.1) is 11.7 Å². The maximum absolute atomic E-state index is 14.3. The van der Waals surface area contributed by atoms with Crippen molar-refractivity contribution in [2.24, 2.45) is 5.92 Å². The molecule has 2 saturated heterocycles. The van der Waals surface area contributed by atoms with Gasteiger partial charge in [-0.2, -0.15) is 0 Å². The predicted molar refractivity (Wildman–Crippen MR) is 86.9 cm³/mol. The summed E-state index contributed by atoms with van der Waals surface area (Å²) in [6, 6.07) is 4.51. The van der Waals surface area contributed by atoms with Gasteiger partial charge in [0.2, 0.25) is 5.91 Å². The number of nitrogens with one attached hydrogen (secondary N) is 1. The highest BCUT2D eigenvalue weighted by Crippen LogP contribution is 2.32. The zero-order chi connectivity index (χ0) is 16.2. The van der Waals surface area contributed by atoms with Gasteiger partial charge in [0.15, 0.2) is 0 Å². The lowest BCUT2D eigenvalue weighted by atomic mass is 10.0. The smallest absolute Gasteiger partial charge is 0.225 e. The zero-order valence-electron chi connectivity index (χ0n) is 13.1. The van der Waals surface area contributed by atoms with Crippen molar-refractivity contribution in [3.63, 3.8) is 0 Å². The number of ether oxygens (including phenoxy) is 1. The Labute approximate surface area is 140 Å². The topological polar surface area (TPSA) is 41.6 Å². The first-order valence-electron chi connectivity index (χ1n) is 8.20. The van der Waals surface area contributed by atoms with E-state index in [9.17, 15) is 9.18 Å². The molecule has 0 radical (unpaired) electrons. The molecule has 0 saturated carbocycles. The van der Waals surface area contributed by atoms with Gasteiger partial charge in [-0.3, -0.25) is 9.69 Å². The second-order valence-corrected chi connectivity index (χ2v) is 6.61. The summed E-state index contributed by atoms with van der Waals surface area (Å²) in [7, 11) is 0. The van der Waals surface area contributed by atoms with E-state index in [-0.39, 0.29) is 23.7 Å². The number of carbonyl (C=O) groups is 1. The fraction of sp³-hybridized carbons (Fsp3) is 0.588. The maximum Gasteiger partial charge on any atom is 0.225 e. The van der Waals surface area contributed by atoms with Crippen molar-refractivity contribution in [2.75, 3.05) is 32.8 Å². The number of halogens is 2. The Bertz CT molecular complexity index is 537. The molecule has 126 valence electrons. The molecule has 2 fully saturated rings. The van der Waals surface area contributed by atoms with Gasteiger partial charge in [0, 0.05) is 23.7 Å². The van der Waals surface area contributed by atoms with Gasteiger partial charge < -0.3 is 10.1 Å². The third-order valence-electron chi connectivity index (χ3n) is 4.68. The largest absolute Gasteiger partial charge is 0.381 e. The highest BCUT2D eigenvalue weighted by Gasteiger charge is 2.30. The summed E-state index contributed by atoms with van der Waals surface area (Å²) in [6.07, 6.45) is 2.93. The minimum atomic E-state index is -0.312. The van der Waals surface area contributed by atoms with Crippen molar-refractivity contribution < 1.29 is 13.9 Å². The standard InChI is InChI=1S/C17H22ClFN2O2/c18-13-4-3-5-14(19)16(13)15(21-7-1-2-8-21)10-20-17(22)12-6-9-23-11-12/h3-5,12,15H,1-2,6-11H2,(H,20,22)/t12-,15+/m0/s1. The van der Waals surface area contributed by atoms with Gasteiger partial charge >= 0.3 is 0 Å². The van der Waals surface area contributed by atoms with E-state index in [1.54, 1.807) is 12.1 Å². The van der Waals surface area contributed by atoms with Crippen molar-refractivity contribution in [3.8, 4) is 0 Å². The number of hydrogen-bond acceptors (Lipinski definition) is 3. The molecule has 2 aliphatic heterocycles. The number of hydrogen-bond donors (Lipinski definition) is 1. The van der Waals surface area contributed by atoms with Crippen molar-refractivity contribution >= 4 is 17.5 Å². The molecule has 2 heterocycles. The lowest BCUT2D eigenvalue weighted by Gasteiger charge is -2.29. The summed E-state index contributed by atoms with van der Waals surface area (Å²) in [4.78, 5) is 14.4. The van der Waals surface area contributed by atoms with Crippen LogP contribution in [0.3, 0.4) is 0 Å². The first kappa shape index (κ1) is 16.7. The second-order valence-electron chi connectivity index (χ2n) is 6.20. The summed E-state index contributed by atoms with van der Waals surface area (Å²) in [6.45, 7) is 3.28. The molecular weight excluding hydrogens is 319 g/mol. The summed E-state index contributed by atoms with van der Waals surface area (Å²) in [5.41, 5.74) is 0.485. The van der Waals surface area contributed by atoms with Gasteiger partial charge in [-0.05, 0) is 44.5 Å². The first-order chi connectivity index (χ1) is 11.2. The Balaban J connectivity index is 1.74. The van der Waals surface area contributed by atoms with Crippen LogP contribution in [0.4, 0.5) is 4.39 Å². The third-order valence-corrected chi connectivity index (χ3v) is 5.01. The van der Waals surface area contributed by atoms with Crippen LogP contribution in [0.15, 0.2) is 18.2 Å². The summed E-state index contributed by atoms with van der Waals surface area (Å²) < 4.78 is 19.6. The first-order valence-corrected chi connectivity index (χ1v) is 8.58. The quantitative estimate of drug-likeness (QED) is 0.896. The fourth-order valence-electron chi connectivity index (χ4n) is 3.38. The van der Waals surface area contributed by atoms with Crippen LogP contribution in [-0.4, -0.2) is 43.7 Å². The molecule has 3 rings (SSSR count). The van der Waals surface area contributed by atoms with Crippen molar-refractivity contribution in [2.45, 2.75) is 25.3 Å². The number of amides is 1. The van der Waals surface area contributed by atoms with Crippen LogP contribution in [0.2, 0.25) is 5.02 Å². The van der Waals surface area contributed by atoms with E-state index in [0.717, 1.165) is 32.4 Å². The highest BCUT2D eigenvalue weighted by molar-refractivity contribution is 6.31. The molecule has 2 aliphatic rings. The molecule has 2 atom stereocenters. The molecule has 6 heteroatoms. The lowest BCUT2D eigenvalue weighted by molar-refractivity contribution is -0.125. The summed E-state index contributed by atoms with van der Waals surface area (Å²) in [5, 5.41) is 3.39. The third kappa shape index (κ3) is 3.84. The van der Waals surface area contributed by atoms with E-state index < -0.39 is 0 Å². The summed E-state index contributed by atoms with van der Waals surface area (Å²) >= 11 is 6.25. The minimum Gasteiger partial charge on any atom is -0.381 e. The van der Waals surface area contributed by atoms with Crippen LogP contribution >= 0.6 is 11.6 Å². The number of rotatable bonds is 5. The van der Waals surface area contributed by atoms with E-state index in [0.29, 0.717) is 30.3 Å². The van der Waals surface area contributed by atoms with E-state index in [2.05, 4.69) is 10.2 Å². The molecule has 1 amide bonds. The second kappa shape index (κ2) is 7.60. The maximum atomic E-state index is 14.3. The Morgan fingerprint density at radius 2 is 2.22 bits per heavy atom. The predicted octanol–water partition coefficient (Wildman–Crippen LogP) is 2.77. The monoisotopic (exact) mass is 340 g/mol. The lowest BCUT2D eigenvalue weighted by Crippen LogP contribution is -2.39. The van der Waals surface area contributed by atoms with Crippen molar-refractivity contribution in [1.82, 2.24) is 10.2 Å². The Kier molecular flexibility index (Phi) is 5.51. The van der Waals surface area contributed by atoms with Gasteiger partial charge in [0.25, 0.3) is 0 Å². The van der Waals surface area contributed by atoms with Gasteiger partial charge in [-0.1, -0.05) is 17.7 Å². The molecule has 1 aromatic carbocycles. The van der Waals surface area contributed by atoms with Crippen LogP contribution in [0.1, 0.15) is 30.9 Å². The van der Waals surface area contributed by atoms with E-state index in [1.165, 1.54) is 6.07 Å². The Morgan fingerprint density at radius 3 is 2.87 bits per heavy atom.